The zero-order valence-electron chi connectivity index (χ0n) is 10.9. The standard InChI is InChI=1S/C14H19NO4/c1-10-7-8-12(13(16)17)15(10)14(18)19-9-11-5-3-2-4-6-11/h2-6,10,12,14,18H,7-9H2,1H3,(H,16,17)/t10-,12+,14?/m1/s1. The number of carbonyl (C=O) groups is 1. The fourth-order valence-corrected chi connectivity index (χ4v) is 2.46. The maximum atomic E-state index is 11.1. The van der Waals surface area contributed by atoms with Crippen molar-refractivity contribution in [3.63, 3.8) is 0 Å². The molecule has 0 amide bonds. The van der Waals surface area contributed by atoms with E-state index in [9.17, 15) is 9.90 Å². The molecular formula is C14H19NO4. The first-order chi connectivity index (χ1) is 9.09. The minimum Gasteiger partial charge on any atom is -0.480 e. The van der Waals surface area contributed by atoms with E-state index in [0.717, 1.165) is 12.0 Å². The van der Waals surface area contributed by atoms with Gasteiger partial charge in [0.25, 0.3) is 0 Å². The summed E-state index contributed by atoms with van der Waals surface area (Å²) < 4.78 is 5.38. The summed E-state index contributed by atoms with van der Waals surface area (Å²) in [5, 5.41) is 19.2. The summed E-state index contributed by atoms with van der Waals surface area (Å²) in [6.07, 6.45) is 0.115. The molecule has 1 aliphatic heterocycles. The van der Waals surface area contributed by atoms with Gasteiger partial charge in [0.15, 0.2) is 0 Å². The predicted molar refractivity (Wildman–Crippen MR) is 69.2 cm³/mol. The molecule has 5 nitrogen and oxygen atoms in total. The van der Waals surface area contributed by atoms with Crippen molar-refractivity contribution >= 4 is 5.97 Å². The lowest BCUT2D eigenvalue weighted by atomic mass is 10.2. The second kappa shape index (κ2) is 6.14. The molecule has 1 aromatic carbocycles. The molecule has 19 heavy (non-hydrogen) atoms. The molecule has 1 aromatic rings. The average Bonchev–Trinajstić information content (AvgIpc) is 2.79. The smallest absolute Gasteiger partial charge is 0.321 e. The van der Waals surface area contributed by atoms with Crippen LogP contribution in [0.4, 0.5) is 0 Å². The zero-order chi connectivity index (χ0) is 13.8. The predicted octanol–water partition coefficient (Wildman–Crippen LogP) is 1.42. The van der Waals surface area contributed by atoms with Gasteiger partial charge < -0.3 is 14.9 Å². The van der Waals surface area contributed by atoms with E-state index in [2.05, 4.69) is 0 Å². The molecule has 1 unspecified atom stereocenters. The van der Waals surface area contributed by atoms with E-state index in [1.165, 1.54) is 4.90 Å². The van der Waals surface area contributed by atoms with Gasteiger partial charge in [0, 0.05) is 6.04 Å². The van der Waals surface area contributed by atoms with Crippen molar-refractivity contribution in [3.8, 4) is 0 Å². The molecule has 0 radical (unpaired) electrons. The molecule has 1 aliphatic rings. The Bertz CT molecular complexity index is 423. The van der Waals surface area contributed by atoms with Crippen LogP contribution in [-0.4, -0.2) is 39.6 Å². The fourth-order valence-electron chi connectivity index (χ4n) is 2.46. The van der Waals surface area contributed by atoms with Crippen LogP contribution in [0.5, 0.6) is 0 Å². The summed E-state index contributed by atoms with van der Waals surface area (Å²) in [7, 11) is 0. The molecule has 0 aromatic heterocycles. The van der Waals surface area contributed by atoms with Crippen molar-refractivity contribution in [1.82, 2.24) is 4.90 Å². The van der Waals surface area contributed by atoms with Crippen LogP contribution in [0.3, 0.4) is 0 Å². The number of aliphatic hydroxyl groups is 1. The highest BCUT2D eigenvalue weighted by molar-refractivity contribution is 5.73. The summed E-state index contributed by atoms with van der Waals surface area (Å²) in [4.78, 5) is 12.6. The lowest BCUT2D eigenvalue weighted by Gasteiger charge is -2.30. The van der Waals surface area contributed by atoms with Gasteiger partial charge >= 0.3 is 5.97 Å². The number of hydrogen-bond donors (Lipinski definition) is 2. The van der Waals surface area contributed by atoms with Crippen molar-refractivity contribution in [1.29, 1.82) is 0 Å². The number of aliphatic carboxylic acids is 1. The Balaban J connectivity index is 1.95. The lowest BCUT2D eigenvalue weighted by molar-refractivity contribution is -0.216. The molecule has 3 atom stereocenters. The van der Waals surface area contributed by atoms with Crippen LogP contribution >= 0.6 is 0 Å². The second-order valence-electron chi connectivity index (χ2n) is 4.85. The maximum absolute atomic E-state index is 11.1. The number of likely N-dealkylation sites (tertiary alicyclic amines) is 1. The van der Waals surface area contributed by atoms with Crippen LogP contribution in [0.2, 0.25) is 0 Å². The van der Waals surface area contributed by atoms with E-state index < -0.39 is 18.4 Å². The molecule has 2 rings (SSSR count). The Morgan fingerprint density at radius 1 is 1.42 bits per heavy atom. The van der Waals surface area contributed by atoms with E-state index in [4.69, 9.17) is 9.84 Å². The zero-order valence-corrected chi connectivity index (χ0v) is 10.9. The molecule has 104 valence electrons. The Hall–Kier alpha value is -1.43. The third-order valence-corrected chi connectivity index (χ3v) is 3.51. The Morgan fingerprint density at radius 3 is 2.74 bits per heavy atom. The SMILES string of the molecule is C[C@@H]1CC[C@@H](C(=O)O)N1C(O)OCc1ccccc1. The third kappa shape index (κ3) is 3.32. The highest BCUT2D eigenvalue weighted by atomic mass is 16.6. The molecule has 1 saturated heterocycles. The maximum Gasteiger partial charge on any atom is 0.321 e. The van der Waals surface area contributed by atoms with Gasteiger partial charge in [-0.1, -0.05) is 30.3 Å². The Kier molecular flexibility index (Phi) is 4.52. The van der Waals surface area contributed by atoms with Crippen molar-refractivity contribution < 1.29 is 19.7 Å². The first kappa shape index (κ1) is 14.0. The molecule has 1 fully saturated rings. The van der Waals surface area contributed by atoms with E-state index in [1.54, 1.807) is 0 Å². The van der Waals surface area contributed by atoms with Gasteiger partial charge in [-0.15, -0.1) is 0 Å². The molecule has 0 bridgehead atoms. The quantitative estimate of drug-likeness (QED) is 0.788. The number of carboxylic acids is 1. The molecule has 1 heterocycles. The van der Waals surface area contributed by atoms with Gasteiger partial charge in [-0.25, -0.2) is 4.90 Å². The highest BCUT2D eigenvalue weighted by Crippen LogP contribution is 2.26. The first-order valence-corrected chi connectivity index (χ1v) is 6.43. The van der Waals surface area contributed by atoms with Gasteiger partial charge in [0.2, 0.25) is 6.41 Å². The summed E-state index contributed by atoms with van der Waals surface area (Å²) in [5.41, 5.74) is 0.945. The van der Waals surface area contributed by atoms with Crippen molar-refractivity contribution in [2.75, 3.05) is 0 Å². The molecule has 2 N–H and O–H groups in total. The van der Waals surface area contributed by atoms with Crippen LogP contribution in [0.1, 0.15) is 25.3 Å². The minimum atomic E-state index is -1.18. The van der Waals surface area contributed by atoms with Crippen molar-refractivity contribution in [3.05, 3.63) is 35.9 Å². The van der Waals surface area contributed by atoms with Crippen LogP contribution in [0, 0.1) is 0 Å². The molecular weight excluding hydrogens is 246 g/mol. The summed E-state index contributed by atoms with van der Waals surface area (Å²) in [5.74, 6) is -0.910. The van der Waals surface area contributed by atoms with E-state index in [-0.39, 0.29) is 12.6 Å². The lowest BCUT2D eigenvalue weighted by Crippen LogP contribution is -2.47. The Morgan fingerprint density at radius 2 is 2.11 bits per heavy atom. The van der Waals surface area contributed by atoms with Gasteiger partial charge in [-0.2, -0.15) is 0 Å². The largest absolute Gasteiger partial charge is 0.480 e. The molecule has 5 heteroatoms. The van der Waals surface area contributed by atoms with Crippen molar-refractivity contribution in [2.45, 2.75) is 44.9 Å². The molecule has 0 saturated carbocycles. The normalized spacial score (nSPS) is 25.4. The number of hydrogen-bond acceptors (Lipinski definition) is 4. The number of nitrogens with zero attached hydrogens (tertiary/aromatic N) is 1. The van der Waals surface area contributed by atoms with Crippen LogP contribution in [0.25, 0.3) is 0 Å². The first-order valence-electron chi connectivity index (χ1n) is 6.43. The number of benzene rings is 1. The third-order valence-electron chi connectivity index (χ3n) is 3.51. The second-order valence-corrected chi connectivity index (χ2v) is 4.85. The Labute approximate surface area is 112 Å². The van der Waals surface area contributed by atoms with Crippen LogP contribution < -0.4 is 0 Å². The fraction of sp³-hybridized carbons (Fsp3) is 0.500. The number of ether oxygens (including phenoxy) is 1. The van der Waals surface area contributed by atoms with Crippen LogP contribution in [-0.2, 0) is 16.1 Å². The van der Waals surface area contributed by atoms with Crippen molar-refractivity contribution in [2.24, 2.45) is 0 Å². The van der Waals surface area contributed by atoms with Crippen LogP contribution in [0.15, 0.2) is 30.3 Å². The van der Waals surface area contributed by atoms with Gasteiger partial charge in [-0.3, -0.25) is 4.79 Å². The number of carboxylic acid groups (broad SMARTS) is 1. The monoisotopic (exact) mass is 265 g/mol. The number of aliphatic hydroxyl groups excluding tert-OH is 1. The summed E-state index contributed by atoms with van der Waals surface area (Å²) in [6, 6.07) is 8.83. The van der Waals surface area contributed by atoms with E-state index in [0.29, 0.717) is 6.42 Å². The summed E-state index contributed by atoms with van der Waals surface area (Å²) in [6.45, 7) is 2.16. The number of rotatable bonds is 5. The average molecular weight is 265 g/mol. The van der Waals surface area contributed by atoms with Gasteiger partial charge in [-0.05, 0) is 25.3 Å². The van der Waals surface area contributed by atoms with E-state index >= 15 is 0 Å². The molecule has 0 aliphatic carbocycles. The topological polar surface area (TPSA) is 70.0 Å². The van der Waals surface area contributed by atoms with E-state index in [1.807, 2.05) is 37.3 Å². The minimum absolute atomic E-state index is 0.00636. The highest BCUT2D eigenvalue weighted by Gasteiger charge is 2.39. The molecule has 0 spiro atoms. The van der Waals surface area contributed by atoms with Gasteiger partial charge in [0.1, 0.15) is 6.04 Å². The summed E-state index contributed by atoms with van der Waals surface area (Å²) >= 11 is 0. The van der Waals surface area contributed by atoms with Gasteiger partial charge in [0.05, 0.1) is 6.61 Å².